The molecule has 0 atom stereocenters. The zero-order chi connectivity index (χ0) is 12.9. The fourth-order valence-corrected chi connectivity index (χ4v) is 4.89. The Bertz CT molecular complexity index is 541. The molecular weight excluding hydrogens is 364 g/mol. The van der Waals surface area contributed by atoms with Gasteiger partial charge in [-0.05, 0) is 36.4 Å². The van der Waals surface area contributed by atoms with E-state index in [4.69, 9.17) is 0 Å². The van der Waals surface area contributed by atoms with Crippen LogP contribution in [0.25, 0.3) is 6.15 Å². The van der Waals surface area contributed by atoms with Gasteiger partial charge in [-0.3, -0.25) is 0 Å². The van der Waals surface area contributed by atoms with E-state index in [1.165, 1.54) is 15.9 Å². The van der Waals surface area contributed by atoms with Gasteiger partial charge in [-0.15, -0.1) is 0 Å². The van der Waals surface area contributed by atoms with Crippen LogP contribution < -0.4 is 62.5 Å². The molecule has 0 spiro atoms. The molecule has 0 unspecified atom stereocenters. The van der Waals surface area contributed by atoms with Crippen molar-refractivity contribution in [2.75, 3.05) is 0 Å². The minimum Gasteiger partial charge on any atom is -1.00 e. The van der Waals surface area contributed by atoms with Crippen LogP contribution in [0.2, 0.25) is 0 Å². The second-order valence-corrected chi connectivity index (χ2v) is 6.96. The fraction of sp³-hybridized carbons (Fsp3) is 0. The number of benzene rings is 3. The molecule has 0 radical (unpaired) electrons. The predicted molar refractivity (Wildman–Crippen MR) is 91.8 cm³/mol. The Kier molecular flexibility index (Phi) is 10.9. The first-order chi connectivity index (χ1) is 9.45. The zero-order valence-electron chi connectivity index (χ0n) is 12.6. The van der Waals surface area contributed by atoms with Gasteiger partial charge in [0.2, 0.25) is 0 Å². The van der Waals surface area contributed by atoms with Crippen molar-refractivity contribution in [2.24, 2.45) is 0 Å². The molecule has 3 rings (SSSR count). The van der Waals surface area contributed by atoms with Crippen molar-refractivity contribution in [3.05, 3.63) is 97.1 Å². The summed E-state index contributed by atoms with van der Waals surface area (Å²) in [6.45, 7) is 0. The Balaban J connectivity index is 0.00000147. The SMILES string of the molecule is [Br-].[NH2-].[Na+].c1ccc([PH+](c2ccccc2)c2ccccc2)cc1. The van der Waals surface area contributed by atoms with Gasteiger partial charge in [-0.1, -0.05) is 54.6 Å². The molecule has 0 heterocycles. The maximum atomic E-state index is 2.24. The van der Waals surface area contributed by atoms with Crippen LogP contribution in [0.3, 0.4) is 0 Å². The number of nitrogens with two attached hydrogens (primary N) is 1. The van der Waals surface area contributed by atoms with Crippen molar-refractivity contribution in [2.45, 2.75) is 0 Å². The topological polar surface area (TPSA) is 33.5 Å². The van der Waals surface area contributed by atoms with Crippen LogP contribution >= 0.6 is 7.92 Å². The van der Waals surface area contributed by atoms with E-state index in [1.54, 1.807) is 0 Å². The van der Waals surface area contributed by atoms with E-state index in [1.807, 2.05) is 0 Å². The van der Waals surface area contributed by atoms with Gasteiger partial charge in [-0.25, -0.2) is 0 Å². The summed E-state index contributed by atoms with van der Waals surface area (Å²) < 4.78 is 0. The maximum Gasteiger partial charge on any atom is 1.00 e. The average Bonchev–Trinajstić information content (AvgIpc) is 2.51. The summed E-state index contributed by atoms with van der Waals surface area (Å²) in [5.74, 6) is 0. The van der Waals surface area contributed by atoms with Gasteiger partial charge >= 0.3 is 29.6 Å². The molecule has 2 N–H and O–H groups in total. The third-order valence-corrected chi connectivity index (χ3v) is 5.92. The molecule has 0 aromatic heterocycles. The second-order valence-electron chi connectivity index (χ2n) is 4.47. The summed E-state index contributed by atoms with van der Waals surface area (Å²) in [5, 5.41) is 4.31. The summed E-state index contributed by atoms with van der Waals surface area (Å²) >= 11 is 0. The Morgan fingerprint density at radius 2 is 0.682 bits per heavy atom. The van der Waals surface area contributed by atoms with Crippen molar-refractivity contribution in [1.29, 1.82) is 0 Å². The van der Waals surface area contributed by atoms with E-state index in [9.17, 15) is 0 Å². The Morgan fingerprint density at radius 3 is 0.909 bits per heavy atom. The van der Waals surface area contributed by atoms with E-state index in [-0.39, 0.29) is 52.7 Å². The second kappa shape index (κ2) is 11.1. The fourth-order valence-electron chi connectivity index (χ4n) is 2.31. The largest absolute Gasteiger partial charge is 1.00 e. The van der Waals surface area contributed by atoms with Crippen molar-refractivity contribution in [3.63, 3.8) is 0 Å². The van der Waals surface area contributed by atoms with E-state index >= 15 is 0 Å². The molecule has 3 aromatic carbocycles. The molecule has 1 nitrogen and oxygen atoms in total. The molecule has 3 aromatic rings. The van der Waals surface area contributed by atoms with Crippen molar-refractivity contribution >= 4 is 23.8 Å². The summed E-state index contributed by atoms with van der Waals surface area (Å²) in [6.07, 6.45) is 0. The third kappa shape index (κ3) is 5.31. The maximum absolute atomic E-state index is 2.24. The summed E-state index contributed by atoms with van der Waals surface area (Å²) in [4.78, 5) is 0. The molecule has 108 valence electrons. The van der Waals surface area contributed by atoms with Crippen LogP contribution in [-0.4, -0.2) is 0 Å². The van der Waals surface area contributed by atoms with Crippen LogP contribution in [-0.2, 0) is 0 Å². The zero-order valence-corrected chi connectivity index (χ0v) is 17.2. The van der Waals surface area contributed by atoms with Gasteiger partial charge in [0.05, 0.1) is 7.92 Å². The first-order valence-electron chi connectivity index (χ1n) is 6.48. The molecule has 0 fully saturated rings. The quantitative estimate of drug-likeness (QED) is 0.368. The van der Waals surface area contributed by atoms with Gasteiger partial charge in [-0.2, -0.15) is 0 Å². The summed E-state index contributed by atoms with van der Waals surface area (Å²) in [5.41, 5.74) is 0. The van der Waals surface area contributed by atoms with Gasteiger partial charge in [0.25, 0.3) is 0 Å². The predicted octanol–water partition coefficient (Wildman–Crippen LogP) is -2.10. The molecule has 0 saturated carbocycles. The number of halogens is 1. The summed E-state index contributed by atoms with van der Waals surface area (Å²) in [7, 11) is -0.877. The smallest absolute Gasteiger partial charge is 1.00 e. The molecule has 0 aliphatic rings. The first-order valence-corrected chi connectivity index (χ1v) is 7.98. The van der Waals surface area contributed by atoms with Gasteiger partial charge < -0.3 is 23.1 Å². The van der Waals surface area contributed by atoms with Gasteiger partial charge in [0.1, 0.15) is 15.9 Å². The normalized spacial score (nSPS) is 9.14. The minimum absolute atomic E-state index is 0. The number of hydrogen-bond donors (Lipinski definition) is 0. The summed E-state index contributed by atoms with van der Waals surface area (Å²) in [6, 6.07) is 32.5. The molecule has 0 saturated heterocycles. The molecule has 0 amide bonds. The molecule has 22 heavy (non-hydrogen) atoms. The number of rotatable bonds is 3. The van der Waals surface area contributed by atoms with Crippen molar-refractivity contribution in [1.82, 2.24) is 0 Å². The van der Waals surface area contributed by atoms with Crippen LogP contribution in [0.5, 0.6) is 0 Å². The molecular formula is C18H18BrNNaP. The average molecular weight is 382 g/mol. The standard InChI is InChI=1S/C18H15P.BrH.H2N.Na/c1-4-10-16(11-5-1)19(17-12-6-2-7-13-17)18-14-8-3-9-15-18;;;/h1-15H;1H;1H2;/q;;-1;+1. The van der Waals surface area contributed by atoms with E-state index in [0.29, 0.717) is 0 Å². The van der Waals surface area contributed by atoms with Crippen LogP contribution in [0.1, 0.15) is 0 Å². The van der Waals surface area contributed by atoms with Gasteiger partial charge in [0.15, 0.2) is 0 Å². The van der Waals surface area contributed by atoms with E-state index in [2.05, 4.69) is 91.0 Å². The third-order valence-electron chi connectivity index (χ3n) is 3.19. The first kappa shape index (κ1) is 21.5. The van der Waals surface area contributed by atoms with Gasteiger partial charge in [0, 0.05) is 0 Å². The van der Waals surface area contributed by atoms with E-state index in [0.717, 1.165) is 0 Å². The molecule has 0 aliphatic heterocycles. The van der Waals surface area contributed by atoms with Crippen molar-refractivity contribution < 1.29 is 46.5 Å². The molecule has 4 heteroatoms. The molecule has 0 aliphatic carbocycles. The molecule has 0 bridgehead atoms. The Labute approximate surface area is 166 Å². The minimum atomic E-state index is -0.877. The van der Waals surface area contributed by atoms with Crippen molar-refractivity contribution in [3.8, 4) is 0 Å². The van der Waals surface area contributed by atoms with Crippen LogP contribution in [0, 0.1) is 0 Å². The van der Waals surface area contributed by atoms with Crippen LogP contribution in [0.15, 0.2) is 91.0 Å². The van der Waals surface area contributed by atoms with Crippen LogP contribution in [0.4, 0.5) is 0 Å². The Morgan fingerprint density at radius 1 is 0.455 bits per heavy atom. The monoisotopic (exact) mass is 381 g/mol. The Hall–Kier alpha value is -0.470. The van der Waals surface area contributed by atoms with E-state index < -0.39 is 7.92 Å². The number of hydrogen-bond acceptors (Lipinski definition) is 0.